The largest absolute Gasteiger partial charge is 0.460 e. The predicted octanol–water partition coefficient (Wildman–Crippen LogP) is 7.17. The van der Waals surface area contributed by atoms with Crippen molar-refractivity contribution in [1.82, 2.24) is 0 Å². The Morgan fingerprint density at radius 1 is 0.583 bits per heavy atom. The van der Waals surface area contributed by atoms with Crippen molar-refractivity contribution in [2.24, 2.45) is 0 Å². The molecule has 0 unspecified atom stereocenters. The average molecular weight is 583 g/mol. The lowest BCUT2D eigenvalue weighted by molar-refractivity contribution is -0.461. The summed E-state index contributed by atoms with van der Waals surface area (Å²) in [5.41, 5.74) is 0. The maximum absolute atomic E-state index is 13.0. The van der Waals surface area contributed by atoms with E-state index in [2.05, 4.69) is 0 Å². The van der Waals surface area contributed by atoms with E-state index >= 15 is 0 Å². The molecule has 19 heteroatoms. The van der Waals surface area contributed by atoms with E-state index in [-0.39, 0.29) is 0 Å². The maximum atomic E-state index is 13.0. The molecule has 0 saturated carbocycles. The van der Waals surface area contributed by atoms with Crippen LogP contribution in [0.5, 0.6) is 0 Å². The molecule has 36 heavy (non-hydrogen) atoms. The van der Waals surface area contributed by atoms with Crippen molar-refractivity contribution in [1.29, 1.82) is 0 Å². The van der Waals surface area contributed by atoms with Gasteiger partial charge in [0.25, 0.3) is 0 Å². The fourth-order valence-corrected chi connectivity index (χ4v) is 2.69. The van der Waals surface area contributed by atoms with E-state index in [9.17, 15) is 79.1 Å². The van der Waals surface area contributed by atoms with E-state index in [0.29, 0.717) is 0 Å². The van der Waals surface area contributed by atoms with Crippen molar-refractivity contribution in [3.8, 4) is 0 Å². The highest BCUT2D eigenvalue weighted by Gasteiger charge is 2.95. The van der Waals surface area contributed by atoms with Gasteiger partial charge in [0.1, 0.15) is 0 Å². The third-order valence-electron chi connectivity index (χ3n) is 4.28. The molecular formula is C17H12F17OSi. The van der Waals surface area contributed by atoms with Crippen LogP contribution in [0.4, 0.5) is 74.6 Å². The molecule has 0 saturated heterocycles. The Morgan fingerprint density at radius 2 is 0.889 bits per heavy atom. The van der Waals surface area contributed by atoms with Gasteiger partial charge in [0.05, 0.1) is 0 Å². The predicted molar refractivity (Wildman–Crippen MR) is 89.0 cm³/mol. The molecule has 0 N–H and O–H groups in total. The molecule has 0 aliphatic rings. The number of benzene rings is 1. The van der Waals surface area contributed by atoms with Gasteiger partial charge in [-0.05, 0) is 18.7 Å². The molecular weight excluding hydrogens is 571 g/mol. The first-order valence-electron chi connectivity index (χ1n) is 8.68. The molecule has 0 heterocycles. The van der Waals surface area contributed by atoms with Gasteiger partial charge in [-0.2, -0.15) is 74.6 Å². The quantitative estimate of drug-likeness (QED) is 0.235. The van der Waals surface area contributed by atoms with Gasteiger partial charge in [0.2, 0.25) is 0 Å². The van der Waals surface area contributed by atoms with Crippen LogP contribution >= 0.6 is 0 Å². The average Bonchev–Trinajstić information content (AvgIpc) is 2.73. The summed E-state index contributed by atoms with van der Waals surface area (Å²) >= 11 is 0. The second kappa shape index (κ2) is 10.1. The van der Waals surface area contributed by atoms with Gasteiger partial charge < -0.3 is 4.46 Å². The van der Waals surface area contributed by atoms with Crippen LogP contribution in [-0.4, -0.2) is 56.3 Å². The third-order valence-corrected chi connectivity index (χ3v) is 5.43. The number of halogens is 17. The number of hydrogen-bond acceptors (Lipinski definition) is 1. The molecule has 0 aliphatic carbocycles. The zero-order valence-electron chi connectivity index (χ0n) is 17.1. The van der Waals surface area contributed by atoms with E-state index in [1.807, 2.05) is 37.3 Å². The Hall–Kier alpha value is -1.95. The summed E-state index contributed by atoms with van der Waals surface area (Å²) < 4.78 is 226. The summed E-state index contributed by atoms with van der Waals surface area (Å²) in [6, 6.07) is 9.51. The molecule has 1 radical (unpaired) electrons. The first-order chi connectivity index (χ1) is 15.6. The maximum Gasteiger partial charge on any atom is 0.460 e. The van der Waals surface area contributed by atoms with Crippen LogP contribution in [-0.2, 0) is 4.46 Å². The van der Waals surface area contributed by atoms with Crippen LogP contribution < -0.4 is 5.19 Å². The molecule has 0 aliphatic heterocycles. The molecule has 0 fully saturated rings. The Balaban J connectivity index is 0.00000113. The van der Waals surface area contributed by atoms with Crippen molar-refractivity contribution >= 4 is 13.9 Å². The standard InChI is InChI=1S/C10H4F17.C7H8OSi/c1-2-3(11,12)4(13,14)5(15,16)6(17,18)7(19,20)8(21,22)9(23,24)10(25,26)27;1-9(8)7-5-3-2-4-6-7/h1-2H2;2-6H,1H3. The Kier molecular flexibility index (Phi) is 9.53. The number of alkyl halides is 17. The fourth-order valence-electron chi connectivity index (χ4n) is 2.03. The molecule has 1 aromatic carbocycles. The summed E-state index contributed by atoms with van der Waals surface area (Å²) in [6.45, 7) is 3.64. The SMILES string of the molecule is C[Si](=O)c1ccccc1.[CH2]CC(F)(F)C(F)(F)C(F)(F)C(F)(F)C(F)(F)C(F)(F)C(F)(F)C(F)(F)F. The Morgan fingerprint density at radius 3 is 1.14 bits per heavy atom. The summed E-state index contributed by atoms with van der Waals surface area (Å²) in [6.07, 6.45) is -10.4. The normalized spacial score (nSPS) is 14.8. The Labute approximate surface area is 191 Å². The van der Waals surface area contributed by atoms with Crippen molar-refractivity contribution in [2.45, 2.75) is 60.6 Å². The van der Waals surface area contributed by atoms with Crippen LogP contribution in [0.1, 0.15) is 6.42 Å². The monoisotopic (exact) mass is 583 g/mol. The van der Waals surface area contributed by atoms with Crippen LogP contribution in [0.15, 0.2) is 30.3 Å². The van der Waals surface area contributed by atoms with Gasteiger partial charge in [-0.25, -0.2) is 0 Å². The fraction of sp³-hybridized carbons (Fsp3) is 0.588. The van der Waals surface area contributed by atoms with Crippen molar-refractivity contribution in [2.75, 3.05) is 0 Å². The van der Waals surface area contributed by atoms with Crippen LogP contribution in [0.25, 0.3) is 0 Å². The van der Waals surface area contributed by atoms with Gasteiger partial charge in [-0.3, -0.25) is 0 Å². The summed E-state index contributed by atoms with van der Waals surface area (Å²) in [4.78, 5) is 0. The molecule has 0 aromatic heterocycles. The number of rotatable bonds is 8. The van der Waals surface area contributed by atoms with Gasteiger partial charge >= 0.3 is 56.3 Å². The van der Waals surface area contributed by atoms with E-state index in [1.54, 1.807) is 6.55 Å². The van der Waals surface area contributed by atoms with E-state index in [4.69, 9.17) is 0 Å². The van der Waals surface area contributed by atoms with Gasteiger partial charge in [0, 0.05) is 6.42 Å². The smallest absolute Gasteiger partial charge is 0.383 e. The van der Waals surface area contributed by atoms with Crippen molar-refractivity contribution < 1.29 is 79.1 Å². The highest BCUT2D eigenvalue weighted by Crippen LogP contribution is 2.64. The molecule has 0 amide bonds. The zero-order valence-corrected chi connectivity index (χ0v) is 18.1. The van der Waals surface area contributed by atoms with Crippen LogP contribution in [0.3, 0.4) is 0 Å². The van der Waals surface area contributed by atoms with Crippen molar-refractivity contribution in [3.63, 3.8) is 0 Å². The molecule has 0 bridgehead atoms. The highest BCUT2D eigenvalue weighted by molar-refractivity contribution is 6.58. The minimum Gasteiger partial charge on any atom is -0.383 e. The number of hydrogen-bond donors (Lipinski definition) is 0. The molecule has 209 valence electrons. The minimum absolute atomic E-state index is 0.961. The topological polar surface area (TPSA) is 17.1 Å². The molecule has 0 spiro atoms. The zero-order chi connectivity index (χ0) is 29.4. The molecule has 1 nitrogen and oxygen atoms in total. The van der Waals surface area contributed by atoms with E-state index in [1.165, 1.54) is 0 Å². The second-order valence-corrected chi connectivity index (χ2v) is 8.51. The van der Waals surface area contributed by atoms with E-state index < -0.39 is 62.7 Å². The van der Waals surface area contributed by atoms with Gasteiger partial charge in [-0.15, -0.1) is 0 Å². The minimum atomic E-state index is -8.58. The first-order valence-corrected chi connectivity index (χ1v) is 10.6. The summed E-state index contributed by atoms with van der Waals surface area (Å²) in [5, 5.41) is 0.961. The van der Waals surface area contributed by atoms with Crippen LogP contribution in [0.2, 0.25) is 6.55 Å². The lowest BCUT2D eigenvalue weighted by Crippen LogP contribution is -2.74. The van der Waals surface area contributed by atoms with Gasteiger partial charge in [0.15, 0.2) is 0 Å². The lowest BCUT2D eigenvalue weighted by atomic mass is 9.88. The van der Waals surface area contributed by atoms with Crippen molar-refractivity contribution in [3.05, 3.63) is 37.3 Å². The molecule has 1 rings (SSSR count). The van der Waals surface area contributed by atoms with Crippen LogP contribution in [0, 0.1) is 6.92 Å². The Bertz CT molecular complexity index is 892. The van der Waals surface area contributed by atoms with Gasteiger partial charge in [-0.1, -0.05) is 30.3 Å². The molecule has 0 atom stereocenters. The highest BCUT2D eigenvalue weighted by atomic mass is 28.3. The van der Waals surface area contributed by atoms with E-state index in [0.717, 1.165) is 5.19 Å². The third kappa shape index (κ3) is 5.34. The summed E-state index contributed by atoms with van der Waals surface area (Å²) in [5.74, 6) is -55.9. The first kappa shape index (κ1) is 34.0. The summed E-state index contributed by atoms with van der Waals surface area (Å²) in [7, 11) is -1.46. The molecule has 1 aromatic rings. The lowest BCUT2D eigenvalue weighted by Gasteiger charge is -2.42. The second-order valence-electron chi connectivity index (χ2n) is 6.82.